The molecule has 0 fully saturated rings. The molecule has 0 aliphatic rings. The van der Waals surface area contributed by atoms with Gasteiger partial charge in [0.2, 0.25) is 0 Å². The number of rotatable bonds is 3. The van der Waals surface area contributed by atoms with Crippen LogP contribution in [0.15, 0.2) is 41.3 Å². The highest BCUT2D eigenvalue weighted by molar-refractivity contribution is 8.00. The lowest BCUT2D eigenvalue weighted by Gasteiger charge is -2.12. The Bertz CT molecular complexity index is 838. The van der Waals surface area contributed by atoms with Crippen molar-refractivity contribution in [3.63, 3.8) is 0 Å². The first-order valence-electron chi connectivity index (χ1n) is 6.99. The van der Waals surface area contributed by atoms with Crippen molar-refractivity contribution in [2.45, 2.75) is 17.3 Å². The van der Waals surface area contributed by atoms with Gasteiger partial charge in [0.15, 0.2) is 0 Å². The van der Waals surface area contributed by atoms with E-state index in [1.54, 1.807) is 0 Å². The number of halogens is 5. The van der Waals surface area contributed by atoms with Crippen molar-refractivity contribution < 1.29 is 27.2 Å². The van der Waals surface area contributed by atoms with Gasteiger partial charge in [0.25, 0.3) is 5.91 Å². The molecule has 0 bridgehead atoms. The molecule has 138 valence electrons. The third-order valence-corrected chi connectivity index (χ3v) is 4.13. The summed E-state index contributed by atoms with van der Waals surface area (Å²) in [4.78, 5) is 23.8. The molecule has 3 amide bonds. The van der Waals surface area contributed by atoms with E-state index in [1.165, 1.54) is 37.3 Å². The zero-order valence-corrected chi connectivity index (χ0v) is 14.7. The predicted octanol–water partition coefficient (Wildman–Crippen LogP) is 5.36. The molecule has 0 atom stereocenters. The number of benzene rings is 2. The van der Waals surface area contributed by atoms with E-state index in [1.807, 2.05) is 5.32 Å². The number of nitrogens with one attached hydrogen (secondary N) is 2. The molecule has 0 radical (unpaired) electrons. The van der Waals surface area contributed by atoms with E-state index >= 15 is 0 Å². The average Bonchev–Trinajstić information content (AvgIpc) is 2.48. The monoisotopic (exact) mass is 406 g/mol. The van der Waals surface area contributed by atoms with Gasteiger partial charge in [0.05, 0.1) is 10.6 Å². The minimum Gasteiger partial charge on any atom is -0.307 e. The first-order chi connectivity index (χ1) is 12.1. The van der Waals surface area contributed by atoms with Crippen LogP contribution in [-0.2, 0) is 0 Å². The molecule has 10 heteroatoms. The summed E-state index contributed by atoms with van der Waals surface area (Å²) < 4.78 is 50.7. The quantitative estimate of drug-likeness (QED) is 0.533. The van der Waals surface area contributed by atoms with Crippen molar-refractivity contribution in [3.05, 3.63) is 58.4 Å². The Balaban J connectivity index is 2.07. The van der Waals surface area contributed by atoms with Crippen LogP contribution >= 0.6 is 23.4 Å². The van der Waals surface area contributed by atoms with Crippen molar-refractivity contribution >= 4 is 41.0 Å². The summed E-state index contributed by atoms with van der Waals surface area (Å²) in [5.41, 5.74) is -4.37. The fourth-order valence-corrected chi connectivity index (χ4v) is 2.90. The van der Waals surface area contributed by atoms with Gasteiger partial charge in [-0.1, -0.05) is 17.7 Å². The second-order valence-corrected chi connectivity index (χ2v) is 6.58. The normalized spacial score (nSPS) is 11.2. The Labute approximate surface area is 154 Å². The number of anilines is 1. The molecule has 2 aromatic rings. The molecule has 0 saturated heterocycles. The third kappa shape index (κ3) is 5.37. The van der Waals surface area contributed by atoms with Crippen LogP contribution in [0.5, 0.6) is 0 Å². The number of carbonyl (C=O) groups excluding carboxylic acids is 2. The van der Waals surface area contributed by atoms with Gasteiger partial charge in [-0.25, -0.2) is 9.18 Å². The largest absolute Gasteiger partial charge is 0.446 e. The van der Waals surface area contributed by atoms with E-state index in [0.29, 0.717) is 5.56 Å². The maximum atomic E-state index is 13.7. The van der Waals surface area contributed by atoms with Crippen LogP contribution in [0.2, 0.25) is 5.02 Å². The molecule has 0 saturated carbocycles. The van der Waals surface area contributed by atoms with Crippen LogP contribution in [0.3, 0.4) is 0 Å². The fourth-order valence-electron chi connectivity index (χ4n) is 2.01. The summed E-state index contributed by atoms with van der Waals surface area (Å²) in [6.07, 6.45) is 0. The summed E-state index contributed by atoms with van der Waals surface area (Å²) in [6, 6.07) is 6.31. The van der Waals surface area contributed by atoms with E-state index in [9.17, 15) is 27.2 Å². The summed E-state index contributed by atoms with van der Waals surface area (Å²) in [5, 5.41) is 4.05. The average molecular weight is 407 g/mol. The second kappa shape index (κ2) is 7.96. The molecule has 2 aromatic carbocycles. The van der Waals surface area contributed by atoms with E-state index in [0.717, 1.165) is 6.07 Å². The Kier molecular flexibility index (Phi) is 6.14. The zero-order chi connectivity index (χ0) is 19.5. The Hall–Kier alpha value is -2.26. The van der Waals surface area contributed by atoms with E-state index in [2.05, 4.69) is 5.32 Å². The summed E-state index contributed by atoms with van der Waals surface area (Å²) in [5.74, 6) is -1.94. The van der Waals surface area contributed by atoms with Crippen molar-refractivity contribution in [3.8, 4) is 0 Å². The lowest BCUT2D eigenvalue weighted by molar-refractivity contribution is -0.0328. The Morgan fingerprint density at radius 1 is 1.15 bits per heavy atom. The van der Waals surface area contributed by atoms with Crippen LogP contribution in [0.4, 0.5) is 28.0 Å². The summed E-state index contributed by atoms with van der Waals surface area (Å²) in [6.45, 7) is 1.49. The van der Waals surface area contributed by atoms with Gasteiger partial charge in [-0.2, -0.15) is 13.2 Å². The molecule has 0 aliphatic carbocycles. The topological polar surface area (TPSA) is 58.2 Å². The standard InChI is InChI=1S/C16H11ClF4N2O2S/c1-8-7-9(26-16(19,20)21)5-6-12(8)22-15(25)23-14(24)13-10(17)3-2-4-11(13)18/h2-7H,1H3,(H2,22,23,24,25). The minimum atomic E-state index is -4.43. The summed E-state index contributed by atoms with van der Waals surface area (Å²) >= 11 is 5.45. The Morgan fingerprint density at radius 3 is 2.42 bits per heavy atom. The smallest absolute Gasteiger partial charge is 0.307 e. The van der Waals surface area contributed by atoms with Gasteiger partial charge in [-0.3, -0.25) is 10.1 Å². The van der Waals surface area contributed by atoms with E-state index in [4.69, 9.17) is 11.6 Å². The van der Waals surface area contributed by atoms with Gasteiger partial charge in [-0.05, 0) is 54.6 Å². The van der Waals surface area contributed by atoms with Crippen molar-refractivity contribution in [1.29, 1.82) is 0 Å². The number of thioether (sulfide) groups is 1. The van der Waals surface area contributed by atoms with Crippen LogP contribution < -0.4 is 10.6 Å². The highest BCUT2D eigenvalue weighted by Crippen LogP contribution is 2.37. The number of aryl methyl sites for hydroxylation is 1. The SMILES string of the molecule is Cc1cc(SC(F)(F)F)ccc1NC(=O)NC(=O)c1c(F)cccc1Cl. The second-order valence-electron chi connectivity index (χ2n) is 5.03. The van der Waals surface area contributed by atoms with Crippen LogP contribution in [-0.4, -0.2) is 17.4 Å². The first kappa shape index (κ1) is 20.1. The molecule has 0 aliphatic heterocycles. The fraction of sp³-hybridized carbons (Fsp3) is 0.125. The van der Waals surface area contributed by atoms with E-state index < -0.39 is 28.8 Å². The zero-order valence-electron chi connectivity index (χ0n) is 13.1. The molecular weight excluding hydrogens is 396 g/mol. The summed E-state index contributed by atoms with van der Waals surface area (Å²) in [7, 11) is 0. The number of carbonyl (C=O) groups is 2. The molecule has 4 nitrogen and oxygen atoms in total. The van der Waals surface area contributed by atoms with Gasteiger partial charge >= 0.3 is 11.5 Å². The van der Waals surface area contributed by atoms with Crippen LogP contribution in [0.25, 0.3) is 0 Å². The lowest BCUT2D eigenvalue weighted by Crippen LogP contribution is -2.35. The van der Waals surface area contributed by atoms with Crippen molar-refractivity contribution in [2.24, 2.45) is 0 Å². The van der Waals surface area contributed by atoms with Gasteiger partial charge in [-0.15, -0.1) is 0 Å². The number of imide groups is 1. The first-order valence-corrected chi connectivity index (χ1v) is 8.19. The third-order valence-electron chi connectivity index (χ3n) is 3.10. The van der Waals surface area contributed by atoms with Crippen LogP contribution in [0.1, 0.15) is 15.9 Å². The lowest BCUT2D eigenvalue weighted by atomic mass is 10.2. The predicted molar refractivity (Wildman–Crippen MR) is 91.0 cm³/mol. The molecular formula is C16H11ClF4N2O2S. The molecule has 0 aromatic heterocycles. The number of alkyl halides is 3. The van der Waals surface area contributed by atoms with Gasteiger partial charge in [0.1, 0.15) is 5.82 Å². The number of urea groups is 1. The highest BCUT2D eigenvalue weighted by atomic mass is 35.5. The Morgan fingerprint density at radius 2 is 1.85 bits per heavy atom. The van der Waals surface area contributed by atoms with Gasteiger partial charge in [0, 0.05) is 10.6 Å². The van der Waals surface area contributed by atoms with Crippen molar-refractivity contribution in [1.82, 2.24) is 5.32 Å². The van der Waals surface area contributed by atoms with Gasteiger partial charge < -0.3 is 5.32 Å². The highest BCUT2D eigenvalue weighted by Gasteiger charge is 2.29. The molecule has 0 heterocycles. The minimum absolute atomic E-state index is 0.0461. The molecule has 0 unspecified atom stereocenters. The maximum Gasteiger partial charge on any atom is 0.446 e. The molecule has 2 N–H and O–H groups in total. The van der Waals surface area contributed by atoms with Crippen LogP contribution in [0, 0.1) is 12.7 Å². The molecule has 2 rings (SSSR count). The molecule has 0 spiro atoms. The number of amides is 3. The number of hydrogen-bond acceptors (Lipinski definition) is 3. The van der Waals surface area contributed by atoms with Crippen molar-refractivity contribution in [2.75, 3.05) is 5.32 Å². The van der Waals surface area contributed by atoms with E-state index in [-0.39, 0.29) is 27.4 Å². The molecule has 26 heavy (non-hydrogen) atoms. The maximum absolute atomic E-state index is 13.7. The number of hydrogen-bond donors (Lipinski definition) is 2.